The molecule has 0 atom stereocenters. The molecule has 2 aromatic rings. The molecule has 1 saturated heterocycles. The van der Waals surface area contributed by atoms with Gasteiger partial charge in [0.1, 0.15) is 5.69 Å². The van der Waals surface area contributed by atoms with Crippen LogP contribution in [-0.4, -0.2) is 47.5 Å². The van der Waals surface area contributed by atoms with E-state index in [1.54, 1.807) is 13.3 Å². The van der Waals surface area contributed by atoms with Crippen molar-refractivity contribution in [2.45, 2.75) is 39.0 Å². The van der Waals surface area contributed by atoms with Crippen molar-refractivity contribution in [3.05, 3.63) is 18.0 Å². The normalized spacial score (nSPS) is 18.5. The highest BCUT2D eigenvalue weighted by Crippen LogP contribution is 2.46. The lowest BCUT2D eigenvalue weighted by atomic mass is 9.86. The third-order valence-corrected chi connectivity index (χ3v) is 5.78. The van der Waals surface area contributed by atoms with E-state index in [1.165, 1.54) is 39.2 Å². The van der Waals surface area contributed by atoms with Crippen molar-refractivity contribution in [2.75, 3.05) is 32.2 Å². The first-order valence-corrected chi connectivity index (χ1v) is 9.19. The zero-order valence-corrected chi connectivity index (χ0v) is 15.7. The number of anilines is 1. The summed E-state index contributed by atoms with van der Waals surface area (Å²) in [4.78, 5) is 10.9. The van der Waals surface area contributed by atoms with Gasteiger partial charge in [-0.05, 0) is 37.7 Å². The van der Waals surface area contributed by atoms with Gasteiger partial charge in [0.2, 0.25) is 5.88 Å². The van der Waals surface area contributed by atoms with Crippen molar-refractivity contribution in [2.24, 2.45) is 5.41 Å². The summed E-state index contributed by atoms with van der Waals surface area (Å²) in [6.45, 7) is 4.23. The topological polar surface area (TPSA) is 73.3 Å². The van der Waals surface area contributed by atoms with Crippen molar-refractivity contribution in [1.82, 2.24) is 20.2 Å². The van der Waals surface area contributed by atoms with Crippen molar-refractivity contribution in [3.8, 4) is 23.1 Å². The standard InChI is InChI=1S/C19H25N5O2/c1-13-16(24-9-8-19(12-24)6-4-5-7-19)10-15(23-22-13)14-11-20-18(26-3)21-17(14)25-2/h10-11H,4-9,12H2,1-3H3. The van der Waals surface area contributed by atoms with Crippen LogP contribution >= 0.6 is 0 Å². The van der Waals surface area contributed by atoms with Crippen LogP contribution in [0.25, 0.3) is 11.3 Å². The summed E-state index contributed by atoms with van der Waals surface area (Å²) in [5.74, 6) is 0.439. The summed E-state index contributed by atoms with van der Waals surface area (Å²) in [5.41, 5.74) is 4.06. The van der Waals surface area contributed by atoms with Crippen molar-refractivity contribution in [3.63, 3.8) is 0 Å². The lowest BCUT2D eigenvalue weighted by Gasteiger charge is -2.25. The van der Waals surface area contributed by atoms with Crippen LogP contribution in [0.3, 0.4) is 0 Å². The molecule has 0 amide bonds. The number of rotatable bonds is 4. The number of ether oxygens (including phenoxy) is 2. The van der Waals surface area contributed by atoms with E-state index in [-0.39, 0.29) is 6.01 Å². The van der Waals surface area contributed by atoms with Gasteiger partial charge >= 0.3 is 6.01 Å². The van der Waals surface area contributed by atoms with Crippen molar-refractivity contribution >= 4 is 5.69 Å². The zero-order valence-electron chi connectivity index (χ0n) is 15.7. The minimum Gasteiger partial charge on any atom is -0.480 e. The molecular weight excluding hydrogens is 330 g/mol. The molecule has 0 aromatic carbocycles. The molecule has 1 aliphatic heterocycles. The van der Waals surface area contributed by atoms with Crippen molar-refractivity contribution in [1.29, 1.82) is 0 Å². The van der Waals surface area contributed by atoms with Gasteiger partial charge < -0.3 is 14.4 Å². The monoisotopic (exact) mass is 355 g/mol. The second kappa shape index (κ2) is 6.70. The van der Waals surface area contributed by atoms with Gasteiger partial charge in [0.15, 0.2) is 0 Å². The van der Waals surface area contributed by atoms with E-state index in [0.29, 0.717) is 11.3 Å². The number of hydrogen-bond acceptors (Lipinski definition) is 7. The van der Waals surface area contributed by atoms with Crippen LogP contribution in [0, 0.1) is 12.3 Å². The van der Waals surface area contributed by atoms with Gasteiger partial charge in [-0.2, -0.15) is 10.1 Å². The van der Waals surface area contributed by atoms with Gasteiger partial charge in [0.25, 0.3) is 0 Å². The Bertz CT molecular complexity index is 805. The predicted octanol–water partition coefficient (Wildman–Crippen LogP) is 3.03. The van der Waals surface area contributed by atoms with E-state index in [1.807, 2.05) is 6.92 Å². The number of nitrogens with zero attached hydrogens (tertiary/aromatic N) is 5. The van der Waals surface area contributed by atoms with Crippen LogP contribution in [0.5, 0.6) is 11.9 Å². The van der Waals surface area contributed by atoms with Gasteiger partial charge in [-0.1, -0.05) is 12.8 Å². The van der Waals surface area contributed by atoms with Gasteiger partial charge in [-0.15, -0.1) is 5.10 Å². The number of methoxy groups -OCH3 is 2. The number of hydrogen-bond donors (Lipinski definition) is 0. The quantitative estimate of drug-likeness (QED) is 0.834. The molecule has 1 saturated carbocycles. The summed E-state index contributed by atoms with van der Waals surface area (Å²) < 4.78 is 10.5. The number of aryl methyl sites for hydroxylation is 1. The molecule has 0 bridgehead atoms. The van der Waals surface area contributed by atoms with Crippen LogP contribution in [0.2, 0.25) is 0 Å². The summed E-state index contributed by atoms with van der Waals surface area (Å²) in [5, 5.41) is 8.76. The molecule has 1 aliphatic carbocycles. The molecule has 2 fully saturated rings. The molecule has 0 radical (unpaired) electrons. The highest BCUT2D eigenvalue weighted by Gasteiger charge is 2.40. The highest BCUT2D eigenvalue weighted by molar-refractivity contribution is 5.68. The van der Waals surface area contributed by atoms with E-state index in [9.17, 15) is 0 Å². The van der Waals surface area contributed by atoms with Crippen LogP contribution < -0.4 is 14.4 Å². The van der Waals surface area contributed by atoms with Crippen molar-refractivity contribution < 1.29 is 9.47 Å². The zero-order chi connectivity index (χ0) is 18.1. The van der Waals surface area contributed by atoms with E-state index in [4.69, 9.17) is 9.47 Å². The van der Waals surface area contributed by atoms with E-state index < -0.39 is 0 Å². The van der Waals surface area contributed by atoms with Gasteiger partial charge in [0.05, 0.1) is 31.2 Å². The fraction of sp³-hybridized carbons (Fsp3) is 0.579. The van der Waals surface area contributed by atoms with Crippen LogP contribution in [0.15, 0.2) is 12.3 Å². The van der Waals surface area contributed by atoms with E-state index in [2.05, 4.69) is 31.1 Å². The highest BCUT2D eigenvalue weighted by atomic mass is 16.5. The molecule has 2 aliphatic rings. The van der Waals surface area contributed by atoms with E-state index >= 15 is 0 Å². The van der Waals surface area contributed by atoms with Gasteiger partial charge in [-0.3, -0.25) is 0 Å². The largest absolute Gasteiger partial charge is 0.480 e. The summed E-state index contributed by atoms with van der Waals surface area (Å²) in [7, 11) is 3.11. The molecule has 26 heavy (non-hydrogen) atoms. The lowest BCUT2D eigenvalue weighted by molar-refractivity contribution is 0.340. The van der Waals surface area contributed by atoms with Crippen LogP contribution in [0.1, 0.15) is 37.8 Å². The lowest BCUT2D eigenvalue weighted by Crippen LogP contribution is -2.25. The Hall–Kier alpha value is -2.44. The Morgan fingerprint density at radius 1 is 1.08 bits per heavy atom. The number of aromatic nitrogens is 4. The molecular formula is C19H25N5O2. The molecule has 0 N–H and O–H groups in total. The Morgan fingerprint density at radius 3 is 2.62 bits per heavy atom. The first kappa shape index (κ1) is 17.0. The molecule has 0 unspecified atom stereocenters. The molecule has 3 heterocycles. The fourth-order valence-electron chi connectivity index (χ4n) is 4.35. The van der Waals surface area contributed by atoms with Crippen LogP contribution in [-0.2, 0) is 0 Å². The molecule has 7 heteroatoms. The Kier molecular flexibility index (Phi) is 4.38. The average molecular weight is 355 g/mol. The maximum absolute atomic E-state index is 5.40. The van der Waals surface area contributed by atoms with Gasteiger partial charge in [-0.25, -0.2) is 4.98 Å². The molecule has 7 nitrogen and oxygen atoms in total. The average Bonchev–Trinajstić information content (AvgIpc) is 3.31. The molecule has 1 spiro atoms. The minimum atomic E-state index is 0.272. The maximum Gasteiger partial charge on any atom is 0.319 e. The molecule has 2 aromatic heterocycles. The minimum absolute atomic E-state index is 0.272. The van der Waals surface area contributed by atoms with Gasteiger partial charge in [0, 0.05) is 19.3 Å². The second-order valence-electron chi connectivity index (χ2n) is 7.36. The van der Waals surface area contributed by atoms with E-state index in [0.717, 1.165) is 35.7 Å². The Labute approximate surface area is 153 Å². The smallest absolute Gasteiger partial charge is 0.319 e. The first-order chi connectivity index (χ1) is 12.6. The Morgan fingerprint density at radius 2 is 1.88 bits per heavy atom. The summed E-state index contributed by atoms with van der Waals surface area (Å²) in [6.07, 6.45) is 8.40. The summed E-state index contributed by atoms with van der Waals surface area (Å²) >= 11 is 0. The molecule has 4 rings (SSSR count). The third-order valence-electron chi connectivity index (χ3n) is 5.78. The summed E-state index contributed by atoms with van der Waals surface area (Å²) in [6, 6.07) is 2.36. The SMILES string of the molecule is COc1ncc(-c2cc(N3CCC4(CCCC4)C3)c(C)nn2)c(OC)n1. The Balaban J connectivity index is 1.67. The molecule has 138 valence electrons. The first-order valence-electron chi connectivity index (χ1n) is 9.19. The third kappa shape index (κ3) is 2.95. The predicted molar refractivity (Wildman–Crippen MR) is 98.6 cm³/mol. The fourth-order valence-corrected chi connectivity index (χ4v) is 4.35. The van der Waals surface area contributed by atoms with Crippen LogP contribution in [0.4, 0.5) is 5.69 Å². The second-order valence-corrected chi connectivity index (χ2v) is 7.36. The maximum atomic E-state index is 5.40.